The predicted octanol–water partition coefficient (Wildman–Crippen LogP) is 2.72. The van der Waals surface area contributed by atoms with Crippen LogP contribution in [0.15, 0.2) is 59.5 Å². The van der Waals surface area contributed by atoms with E-state index in [4.69, 9.17) is 4.18 Å². The van der Waals surface area contributed by atoms with Crippen molar-refractivity contribution in [2.24, 2.45) is 0 Å². The van der Waals surface area contributed by atoms with Crippen LogP contribution in [0.3, 0.4) is 0 Å². The van der Waals surface area contributed by atoms with E-state index in [0.29, 0.717) is 0 Å². The highest BCUT2D eigenvalue weighted by atomic mass is 32.2. The second kappa shape index (κ2) is 6.84. The molecule has 0 aliphatic rings. The van der Waals surface area contributed by atoms with Crippen molar-refractivity contribution in [3.8, 4) is 0 Å². The van der Waals surface area contributed by atoms with E-state index in [1.807, 2.05) is 6.92 Å². The Morgan fingerprint density at radius 2 is 1.58 bits per heavy atom. The van der Waals surface area contributed by atoms with Crippen LogP contribution in [-0.4, -0.2) is 31.0 Å². The lowest BCUT2D eigenvalue weighted by atomic mass is 9.94. The molecular weight excluding hydrogens is 328 g/mol. The number of aliphatic hydroxyl groups is 1. The van der Waals surface area contributed by atoms with E-state index in [-0.39, 0.29) is 10.5 Å². The third-order valence-electron chi connectivity index (χ3n) is 3.47. The van der Waals surface area contributed by atoms with Crippen LogP contribution < -0.4 is 0 Å². The fraction of sp³-hybridized carbons (Fsp3) is 0.278. The van der Waals surface area contributed by atoms with Gasteiger partial charge in [-0.1, -0.05) is 48.0 Å². The summed E-state index contributed by atoms with van der Waals surface area (Å²) in [7, 11) is -4.19. The fourth-order valence-electron chi connectivity index (χ4n) is 2.12. The molecule has 0 saturated heterocycles. The van der Waals surface area contributed by atoms with E-state index in [2.05, 4.69) is 0 Å². The minimum absolute atomic E-state index is 0.0665. The van der Waals surface area contributed by atoms with Crippen LogP contribution in [0.25, 0.3) is 0 Å². The molecule has 2 aromatic rings. The minimum Gasteiger partial charge on any atom is -0.387 e. The maximum absolute atomic E-state index is 12.6. The quantitative estimate of drug-likeness (QED) is 0.641. The van der Waals surface area contributed by atoms with E-state index in [1.165, 1.54) is 26.0 Å². The summed E-state index contributed by atoms with van der Waals surface area (Å²) in [5.41, 5.74) is -0.512. The van der Waals surface area contributed by atoms with Gasteiger partial charge in [0.2, 0.25) is 0 Å². The molecule has 6 heteroatoms. The van der Waals surface area contributed by atoms with Crippen LogP contribution in [-0.2, 0) is 14.3 Å². The lowest BCUT2D eigenvalue weighted by molar-refractivity contribution is -0.0187. The van der Waals surface area contributed by atoms with E-state index < -0.39 is 27.6 Å². The van der Waals surface area contributed by atoms with Gasteiger partial charge >= 0.3 is 0 Å². The molecule has 0 spiro atoms. The minimum atomic E-state index is -4.19. The molecule has 2 rings (SSSR count). The summed E-state index contributed by atoms with van der Waals surface area (Å²) in [5, 5.41) is 10.3. The van der Waals surface area contributed by atoms with Crippen LogP contribution in [0.2, 0.25) is 0 Å². The first-order valence-corrected chi connectivity index (χ1v) is 8.84. The monoisotopic (exact) mass is 348 g/mol. The third kappa shape index (κ3) is 4.29. The number of carbonyl (C=O) groups excluding carboxylic acids is 1. The highest BCUT2D eigenvalue weighted by molar-refractivity contribution is 7.86. The molecule has 0 unspecified atom stereocenters. The number of benzene rings is 2. The van der Waals surface area contributed by atoms with Gasteiger partial charge in [-0.2, -0.15) is 8.42 Å². The van der Waals surface area contributed by atoms with Crippen molar-refractivity contribution >= 4 is 15.9 Å². The number of Topliss-reactive ketones (excluding diaryl/α,β-unsaturated/α-hetero) is 1. The van der Waals surface area contributed by atoms with Crippen LogP contribution in [0, 0.1) is 6.92 Å². The van der Waals surface area contributed by atoms with Gasteiger partial charge in [-0.3, -0.25) is 8.98 Å². The van der Waals surface area contributed by atoms with Gasteiger partial charge in [-0.05, 0) is 32.9 Å². The van der Waals surface area contributed by atoms with E-state index >= 15 is 0 Å². The van der Waals surface area contributed by atoms with Crippen molar-refractivity contribution in [1.29, 1.82) is 0 Å². The number of ketones is 1. The second-order valence-corrected chi connectivity index (χ2v) is 7.70. The molecule has 0 bridgehead atoms. The highest BCUT2D eigenvalue weighted by Crippen LogP contribution is 2.23. The molecule has 2 aromatic carbocycles. The van der Waals surface area contributed by atoms with Crippen molar-refractivity contribution in [3.63, 3.8) is 0 Å². The molecule has 1 N–H and O–H groups in total. The number of rotatable bonds is 6. The Morgan fingerprint density at radius 3 is 2.08 bits per heavy atom. The Kier molecular flexibility index (Phi) is 5.22. The van der Waals surface area contributed by atoms with Crippen molar-refractivity contribution in [2.75, 3.05) is 0 Å². The number of hydrogen-bond donors (Lipinski definition) is 1. The van der Waals surface area contributed by atoms with Crippen LogP contribution in [0.5, 0.6) is 0 Å². The Bertz CT molecular complexity index is 803. The molecule has 0 fully saturated rings. The summed E-state index contributed by atoms with van der Waals surface area (Å²) < 4.78 is 30.0. The molecular formula is C18H20O5S. The Balaban J connectivity index is 2.36. The summed E-state index contributed by atoms with van der Waals surface area (Å²) in [6, 6.07) is 14.2. The van der Waals surface area contributed by atoms with Gasteiger partial charge in [0.25, 0.3) is 10.1 Å². The van der Waals surface area contributed by atoms with Gasteiger partial charge in [0.05, 0.1) is 10.5 Å². The predicted molar refractivity (Wildman–Crippen MR) is 90.3 cm³/mol. The first-order chi connectivity index (χ1) is 11.1. The van der Waals surface area contributed by atoms with Gasteiger partial charge in [0.1, 0.15) is 0 Å². The maximum Gasteiger partial charge on any atom is 0.297 e. The van der Waals surface area contributed by atoms with Crippen molar-refractivity contribution in [1.82, 2.24) is 0 Å². The average Bonchev–Trinajstić information content (AvgIpc) is 2.52. The van der Waals surface area contributed by atoms with Crippen LogP contribution in [0.1, 0.15) is 29.8 Å². The zero-order chi connectivity index (χ0) is 18.0. The number of aryl methyl sites for hydroxylation is 1. The van der Waals surface area contributed by atoms with Crippen molar-refractivity contribution in [3.05, 3.63) is 65.7 Å². The second-order valence-electron chi connectivity index (χ2n) is 6.13. The maximum atomic E-state index is 12.6. The number of carbonyl (C=O) groups is 1. The molecule has 0 saturated carbocycles. The van der Waals surface area contributed by atoms with Crippen LogP contribution >= 0.6 is 0 Å². The van der Waals surface area contributed by atoms with Crippen molar-refractivity contribution in [2.45, 2.75) is 37.4 Å². The Labute approximate surface area is 142 Å². The molecule has 5 nitrogen and oxygen atoms in total. The summed E-state index contributed by atoms with van der Waals surface area (Å²) in [4.78, 5) is 12.5. The summed E-state index contributed by atoms with van der Waals surface area (Å²) >= 11 is 0. The lowest BCUT2D eigenvalue weighted by Crippen LogP contribution is -2.45. The number of hydrogen-bond acceptors (Lipinski definition) is 5. The van der Waals surface area contributed by atoms with Gasteiger partial charge in [0, 0.05) is 5.56 Å². The molecule has 1 atom stereocenters. The molecule has 24 heavy (non-hydrogen) atoms. The summed E-state index contributed by atoms with van der Waals surface area (Å²) in [6.45, 7) is 4.50. The van der Waals surface area contributed by atoms with Crippen molar-refractivity contribution < 1.29 is 22.5 Å². The molecule has 0 heterocycles. The van der Waals surface area contributed by atoms with Gasteiger partial charge < -0.3 is 5.11 Å². The first-order valence-electron chi connectivity index (χ1n) is 7.43. The third-order valence-corrected chi connectivity index (χ3v) is 4.77. The standard InChI is InChI=1S/C18H20O5S/c1-13-9-11-15(12-10-13)24(21,22)23-17(18(2,3)20)16(19)14-7-5-4-6-8-14/h4-12,17,20H,1-3H3/t17-/m1/s1. The Morgan fingerprint density at radius 1 is 1.04 bits per heavy atom. The van der Waals surface area contributed by atoms with E-state index in [1.54, 1.807) is 42.5 Å². The first kappa shape index (κ1) is 18.3. The summed E-state index contributed by atoms with van der Waals surface area (Å²) in [5.74, 6) is -0.598. The summed E-state index contributed by atoms with van der Waals surface area (Å²) in [6.07, 6.45) is -1.55. The fourth-order valence-corrected chi connectivity index (χ4v) is 3.28. The zero-order valence-corrected chi connectivity index (χ0v) is 14.6. The van der Waals surface area contributed by atoms with Gasteiger partial charge in [-0.25, -0.2) is 0 Å². The molecule has 0 aliphatic heterocycles. The SMILES string of the molecule is Cc1ccc(S(=O)(=O)O[C@H](C(=O)c2ccccc2)C(C)(C)O)cc1. The Hall–Kier alpha value is -2.02. The molecule has 0 aliphatic carbocycles. The van der Waals surface area contributed by atoms with E-state index in [9.17, 15) is 18.3 Å². The average molecular weight is 348 g/mol. The molecule has 0 aromatic heterocycles. The molecule has 128 valence electrons. The van der Waals surface area contributed by atoms with Gasteiger partial charge in [-0.15, -0.1) is 0 Å². The normalized spacial score (nSPS) is 13.5. The van der Waals surface area contributed by atoms with Crippen LogP contribution in [0.4, 0.5) is 0 Å². The zero-order valence-electron chi connectivity index (χ0n) is 13.8. The van der Waals surface area contributed by atoms with E-state index in [0.717, 1.165) is 5.56 Å². The largest absolute Gasteiger partial charge is 0.387 e. The topological polar surface area (TPSA) is 80.7 Å². The molecule has 0 radical (unpaired) electrons. The highest BCUT2D eigenvalue weighted by Gasteiger charge is 2.39. The smallest absolute Gasteiger partial charge is 0.297 e. The lowest BCUT2D eigenvalue weighted by Gasteiger charge is -2.27. The molecule has 0 amide bonds. The van der Waals surface area contributed by atoms with Gasteiger partial charge in [0.15, 0.2) is 11.9 Å².